The van der Waals surface area contributed by atoms with Crippen molar-refractivity contribution in [3.63, 3.8) is 0 Å². The summed E-state index contributed by atoms with van der Waals surface area (Å²) in [6, 6.07) is 12.3. The summed E-state index contributed by atoms with van der Waals surface area (Å²) >= 11 is 6.27. The molecule has 0 amide bonds. The molecule has 0 spiro atoms. The normalized spacial score (nSPS) is 12.7. The van der Waals surface area contributed by atoms with Crippen molar-refractivity contribution < 1.29 is 4.42 Å². The van der Waals surface area contributed by atoms with Crippen LogP contribution < -0.4 is 5.32 Å². The number of aromatic nitrogens is 2. The molecule has 1 aromatic heterocycles. The van der Waals surface area contributed by atoms with Crippen LogP contribution in [0.15, 0.2) is 40.8 Å². The number of hydrogen-bond acceptors (Lipinski definition) is 4. The molecule has 114 valence electrons. The van der Waals surface area contributed by atoms with Crippen LogP contribution in [0.25, 0.3) is 10.8 Å². The van der Waals surface area contributed by atoms with E-state index in [2.05, 4.69) is 34.6 Å². The van der Waals surface area contributed by atoms with Crippen LogP contribution in [0.3, 0.4) is 0 Å². The van der Waals surface area contributed by atoms with Gasteiger partial charge in [-0.25, -0.2) is 0 Å². The van der Waals surface area contributed by atoms with Crippen molar-refractivity contribution in [3.8, 4) is 0 Å². The van der Waals surface area contributed by atoms with Gasteiger partial charge in [-0.3, -0.25) is 0 Å². The first-order chi connectivity index (χ1) is 10.7. The van der Waals surface area contributed by atoms with Crippen LogP contribution in [0, 0.1) is 0 Å². The fourth-order valence-electron chi connectivity index (χ4n) is 2.52. The van der Waals surface area contributed by atoms with Gasteiger partial charge in [-0.2, -0.15) is 0 Å². The van der Waals surface area contributed by atoms with Gasteiger partial charge in [-0.1, -0.05) is 48.9 Å². The fraction of sp³-hybridized carbons (Fsp3) is 0.294. The van der Waals surface area contributed by atoms with Gasteiger partial charge in [-0.15, -0.1) is 10.2 Å². The molecule has 3 aromatic rings. The van der Waals surface area contributed by atoms with E-state index in [4.69, 9.17) is 16.0 Å². The molecule has 1 N–H and O–H groups in total. The molecule has 0 aliphatic heterocycles. The number of rotatable bonds is 5. The Morgan fingerprint density at radius 1 is 1.09 bits per heavy atom. The maximum absolute atomic E-state index is 6.27. The zero-order valence-corrected chi connectivity index (χ0v) is 13.4. The molecule has 0 aliphatic carbocycles. The predicted octanol–water partition coefficient (Wildman–Crippen LogP) is 4.29. The number of nitrogens with one attached hydrogen (secondary N) is 1. The minimum absolute atomic E-state index is 0.152. The average molecular weight is 316 g/mol. The molecule has 0 bridgehead atoms. The maximum atomic E-state index is 6.27. The van der Waals surface area contributed by atoms with Gasteiger partial charge in [0.25, 0.3) is 0 Å². The summed E-state index contributed by atoms with van der Waals surface area (Å²) in [6.07, 6.45) is 0.754. The molecular formula is C17H18ClN3O. The van der Waals surface area contributed by atoms with Gasteiger partial charge in [0, 0.05) is 22.9 Å². The zero-order valence-electron chi connectivity index (χ0n) is 12.6. The first-order valence-electron chi connectivity index (χ1n) is 7.40. The molecule has 0 radical (unpaired) electrons. The fourth-order valence-corrected chi connectivity index (χ4v) is 2.74. The lowest BCUT2D eigenvalue weighted by molar-refractivity contribution is 0.422. The third-order valence-electron chi connectivity index (χ3n) is 3.74. The monoisotopic (exact) mass is 315 g/mol. The molecule has 1 atom stereocenters. The Morgan fingerprint density at radius 2 is 1.82 bits per heavy atom. The molecule has 3 rings (SSSR count). The van der Waals surface area contributed by atoms with E-state index >= 15 is 0 Å². The first kappa shape index (κ1) is 15.0. The molecule has 0 unspecified atom stereocenters. The lowest BCUT2D eigenvalue weighted by atomic mass is 9.99. The van der Waals surface area contributed by atoms with E-state index in [1.165, 1.54) is 5.56 Å². The molecule has 0 saturated heterocycles. The summed E-state index contributed by atoms with van der Waals surface area (Å²) in [7, 11) is 0. The van der Waals surface area contributed by atoms with Crippen molar-refractivity contribution in [1.82, 2.24) is 15.5 Å². The third kappa shape index (κ3) is 2.98. The quantitative estimate of drug-likeness (QED) is 0.763. The molecule has 0 saturated carbocycles. The van der Waals surface area contributed by atoms with Crippen molar-refractivity contribution in [2.24, 2.45) is 0 Å². The van der Waals surface area contributed by atoms with E-state index in [-0.39, 0.29) is 6.04 Å². The minimum Gasteiger partial charge on any atom is -0.424 e. The average Bonchev–Trinajstić information content (AvgIpc) is 3.01. The Balaban J connectivity index is 1.80. The molecule has 0 aliphatic rings. The van der Waals surface area contributed by atoms with Crippen LogP contribution in [-0.4, -0.2) is 10.2 Å². The van der Waals surface area contributed by atoms with E-state index in [1.54, 1.807) is 0 Å². The summed E-state index contributed by atoms with van der Waals surface area (Å²) in [4.78, 5) is 0. The van der Waals surface area contributed by atoms with Crippen molar-refractivity contribution in [2.75, 3.05) is 0 Å². The number of aryl methyl sites for hydroxylation is 1. The molecule has 1 heterocycles. The first-order valence-corrected chi connectivity index (χ1v) is 7.78. The van der Waals surface area contributed by atoms with Crippen molar-refractivity contribution in [3.05, 3.63) is 58.8 Å². The van der Waals surface area contributed by atoms with Crippen molar-refractivity contribution in [1.29, 1.82) is 0 Å². The van der Waals surface area contributed by atoms with Crippen LogP contribution >= 0.6 is 11.6 Å². The SMILES string of the molecule is CCc1nnc(CN[C@H](C)c2ccc(Cl)c3ccccc23)o1. The van der Waals surface area contributed by atoms with Crippen LogP contribution in [0.2, 0.25) is 5.02 Å². The highest BCUT2D eigenvalue weighted by atomic mass is 35.5. The molecule has 2 aromatic carbocycles. The molecular weight excluding hydrogens is 298 g/mol. The second-order valence-corrected chi connectivity index (χ2v) is 5.64. The van der Waals surface area contributed by atoms with Gasteiger partial charge in [-0.05, 0) is 23.9 Å². The highest BCUT2D eigenvalue weighted by molar-refractivity contribution is 6.35. The van der Waals surface area contributed by atoms with Gasteiger partial charge in [0.05, 0.1) is 6.54 Å². The van der Waals surface area contributed by atoms with Crippen LogP contribution in [0.5, 0.6) is 0 Å². The summed E-state index contributed by atoms with van der Waals surface area (Å²) in [6.45, 7) is 4.66. The van der Waals surface area contributed by atoms with Gasteiger partial charge >= 0.3 is 0 Å². The Labute approximate surface area is 134 Å². The van der Waals surface area contributed by atoms with Crippen LogP contribution in [-0.2, 0) is 13.0 Å². The number of halogens is 1. The van der Waals surface area contributed by atoms with E-state index in [1.807, 2.05) is 31.2 Å². The Morgan fingerprint density at radius 3 is 2.55 bits per heavy atom. The smallest absolute Gasteiger partial charge is 0.230 e. The van der Waals surface area contributed by atoms with E-state index in [0.717, 1.165) is 22.2 Å². The third-order valence-corrected chi connectivity index (χ3v) is 4.07. The lowest BCUT2D eigenvalue weighted by Gasteiger charge is -2.16. The number of fused-ring (bicyclic) bond motifs is 1. The topological polar surface area (TPSA) is 51.0 Å². The van der Waals surface area contributed by atoms with Crippen molar-refractivity contribution >= 4 is 22.4 Å². The van der Waals surface area contributed by atoms with Crippen LogP contribution in [0.4, 0.5) is 0 Å². The maximum Gasteiger partial charge on any atom is 0.230 e. The zero-order chi connectivity index (χ0) is 15.5. The molecule has 0 fully saturated rings. The van der Waals surface area contributed by atoms with Gasteiger partial charge in [0.15, 0.2) is 0 Å². The summed E-state index contributed by atoms with van der Waals surface area (Å²) in [5, 5.41) is 14.4. The molecule has 4 nitrogen and oxygen atoms in total. The van der Waals surface area contributed by atoms with E-state index in [9.17, 15) is 0 Å². The van der Waals surface area contributed by atoms with E-state index < -0.39 is 0 Å². The predicted molar refractivity (Wildman–Crippen MR) is 87.9 cm³/mol. The second kappa shape index (κ2) is 6.46. The van der Waals surface area contributed by atoms with E-state index in [0.29, 0.717) is 18.3 Å². The Bertz CT molecular complexity index is 784. The number of benzene rings is 2. The van der Waals surface area contributed by atoms with Crippen LogP contribution in [0.1, 0.15) is 37.2 Å². The van der Waals surface area contributed by atoms with Gasteiger partial charge in [0.1, 0.15) is 0 Å². The van der Waals surface area contributed by atoms with Crippen molar-refractivity contribution in [2.45, 2.75) is 32.9 Å². The molecule has 5 heteroatoms. The van der Waals surface area contributed by atoms with Gasteiger partial charge in [0.2, 0.25) is 11.8 Å². The lowest BCUT2D eigenvalue weighted by Crippen LogP contribution is -2.18. The minimum atomic E-state index is 0.152. The molecule has 22 heavy (non-hydrogen) atoms. The highest BCUT2D eigenvalue weighted by Crippen LogP contribution is 2.29. The Kier molecular flexibility index (Phi) is 4.41. The number of hydrogen-bond donors (Lipinski definition) is 1. The highest BCUT2D eigenvalue weighted by Gasteiger charge is 2.12. The summed E-state index contributed by atoms with van der Waals surface area (Å²) in [5.41, 5.74) is 1.20. The largest absolute Gasteiger partial charge is 0.424 e. The summed E-state index contributed by atoms with van der Waals surface area (Å²) in [5.74, 6) is 1.28. The van der Waals surface area contributed by atoms with Gasteiger partial charge < -0.3 is 9.73 Å². The Hall–Kier alpha value is -1.91. The number of nitrogens with zero attached hydrogens (tertiary/aromatic N) is 2. The second-order valence-electron chi connectivity index (χ2n) is 5.23. The standard InChI is InChI=1S/C17H18ClN3O/c1-3-16-20-21-17(22-16)10-19-11(2)12-8-9-15(18)14-7-5-4-6-13(12)14/h4-9,11,19H,3,10H2,1-2H3/t11-/m1/s1. The summed E-state index contributed by atoms with van der Waals surface area (Å²) < 4.78 is 5.52.